The molecule has 0 amide bonds. The van der Waals surface area contributed by atoms with Gasteiger partial charge in [0.05, 0.1) is 11.3 Å². The van der Waals surface area contributed by atoms with Gasteiger partial charge in [-0.15, -0.1) is 0 Å². The van der Waals surface area contributed by atoms with Crippen molar-refractivity contribution in [1.29, 1.82) is 0 Å². The molecular weight excluding hydrogens is 511 g/mol. The molecule has 0 spiro atoms. The fourth-order valence-corrected chi connectivity index (χ4v) is 4.46. The van der Waals surface area contributed by atoms with Crippen molar-refractivity contribution in [2.75, 3.05) is 22.9 Å². The molecule has 0 unspecified atom stereocenters. The van der Waals surface area contributed by atoms with Crippen LogP contribution in [0.15, 0.2) is 53.4 Å². The lowest BCUT2D eigenvalue weighted by Crippen LogP contribution is -2.15. The van der Waals surface area contributed by atoms with E-state index in [1.807, 2.05) is 31.9 Å². The first-order valence-corrected chi connectivity index (χ1v) is 13.3. The zero-order valence-corrected chi connectivity index (χ0v) is 21.3. The van der Waals surface area contributed by atoms with Crippen molar-refractivity contribution >= 4 is 60.7 Å². The van der Waals surface area contributed by atoms with Gasteiger partial charge >= 0.3 is 0 Å². The highest BCUT2D eigenvalue weighted by atomic mass is 35.5. The number of nitrogens with zero attached hydrogens (tertiary/aromatic N) is 3. The van der Waals surface area contributed by atoms with Crippen LogP contribution in [-0.4, -0.2) is 44.7 Å². The summed E-state index contributed by atoms with van der Waals surface area (Å²) in [6.45, 7) is 3.82. The molecule has 1 heterocycles. The second-order valence-corrected chi connectivity index (χ2v) is 10.9. The summed E-state index contributed by atoms with van der Waals surface area (Å²) in [7, 11) is -5.65. The molecule has 0 bridgehead atoms. The number of hydrogen-bond acceptors (Lipinski definition) is 7. The van der Waals surface area contributed by atoms with Crippen LogP contribution >= 0.6 is 23.2 Å². The lowest BCUT2D eigenvalue weighted by Gasteiger charge is -2.18. The topological polar surface area (TPSA) is 130 Å². The predicted octanol–water partition coefficient (Wildman–Crippen LogP) is 4.47. The monoisotopic (exact) mass is 532 g/mol. The number of anilines is 3. The molecule has 0 aliphatic heterocycles. The van der Waals surface area contributed by atoms with Crippen LogP contribution in [0.1, 0.15) is 11.4 Å². The molecule has 0 saturated carbocycles. The summed E-state index contributed by atoms with van der Waals surface area (Å²) in [5, 5.41) is 0.424. The second-order valence-electron chi connectivity index (χ2n) is 6.97. The maximum absolute atomic E-state index is 12.6. The Morgan fingerprint density at radius 2 is 1.42 bits per heavy atom. The third-order valence-corrected chi connectivity index (χ3v) is 6.06. The van der Waals surface area contributed by atoms with Crippen molar-refractivity contribution in [2.24, 2.45) is 0 Å². The highest BCUT2D eigenvalue weighted by Gasteiger charge is 2.18. The van der Waals surface area contributed by atoms with Crippen molar-refractivity contribution < 1.29 is 21.4 Å². The van der Waals surface area contributed by atoms with E-state index in [1.165, 1.54) is 18.2 Å². The van der Waals surface area contributed by atoms with E-state index in [1.54, 1.807) is 24.3 Å². The van der Waals surface area contributed by atoms with Gasteiger partial charge in [-0.2, -0.15) is 8.42 Å². The minimum atomic E-state index is -3.84. The summed E-state index contributed by atoms with van der Waals surface area (Å²) in [5.41, 5.74) is 2.97. The summed E-state index contributed by atoms with van der Waals surface area (Å²) in [5.74, 6) is 0.568. The Balaban J connectivity index is 0.000000696. The number of hydrogen-bond donors (Lipinski definition) is 2. The van der Waals surface area contributed by atoms with E-state index < -0.39 is 20.1 Å². The van der Waals surface area contributed by atoms with Gasteiger partial charge in [-0.05, 0) is 62.4 Å². The third kappa shape index (κ3) is 8.45. The first-order chi connectivity index (χ1) is 15.2. The van der Waals surface area contributed by atoms with Gasteiger partial charge < -0.3 is 4.90 Å². The minimum absolute atomic E-state index is 0.0385. The van der Waals surface area contributed by atoms with E-state index >= 15 is 0 Å². The summed E-state index contributed by atoms with van der Waals surface area (Å²) >= 11 is 11.8. The fraction of sp³-hybridized carbons (Fsp3) is 0.200. The lowest BCUT2D eigenvalue weighted by molar-refractivity contribution is 0.490. The number of aromatic nitrogens is 2. The molecule has 0 aliphatic rings. The van der Waals surface area contributed by atoms with Crippen molar-refractivity contribution in [3.63, 3.8) is 0 Å². The smallest absolute Gasteiger partial charge is 0.263 e. The van der Waals surface area contributed by atoms with Gasteiger partial charge in [0.2, 0.25) is 5.95 Å². The molecule has 0 fully saturated rings. The summed E-state index contributed by atoms with van der Waals surface area (Å²) in [4.78, 5) is 10.6. The summed E-state index contributed by atoms with van der Waals surface area (Å²) in [6, 6.07) is 13.0. The Morgan fingerprint density at radius 1 is 0.909 bits per heavy atom. The molecule has 13 heteroatoms. The first kappa shape index (κ1) is 26.8. The Labute approximate surface area is 203 Å². The van der Waals surface area contributed by atoms with E-state index in [2.05, 4.69) is 14.7 Å². The molecule has 33 heavy (non-hydrogen) atoms. The maximum Gasteiger partial charge on any atom is 0.263 e. The SMILES string of the molecule is CS(=O)(=O)O.Cc1cc(C)nc(N(C)c2ccc(NS(=O)(=O)c3ccc(Cl)cc3Cl)cc2)n1. The Kier molecular flexibility index (Phi) is 8.66. The summed E-state index contributed by atoms with van der Waals surface area (Å²) in [6.07, 6.45) is 0.715. The highest BCUT2D eigenvalue weighted by molar-refractivity contribution is 7.92. The number of rotatable bonds is 5. The standard InChI is InChI=1S/C19H18Cl2N4O2S.CH4O3S/c1-12-10-13(2)23-19(22-12)25(3)16-7-5-15(6-8-16)24-28(26,27)18-9-4-14(20)11-17(18)21;1-5(2,3)4/h4-11,24H,1-3H3;1H3,(H,2,3,4). The Bertz CT molecular complexity index is 1320. The highest BCUT2D eigenvalue weighted by Crippen LogP contribution is 2.28. The van der Waals surface area contributed by atoms with Gasteiger partial charge in [0.15, 0.2) is 0 Å². The van der Waals surface area contributed by atoms with Crippen LogP contribution in [-0.2, 0) is 20.1 Å². The van der Waals surface area contributed by atoms with Crippen LogP contribution < -0.4 is 9.62 Å². The van der Waals surface area contributed by atoms with Gasteiger partial charge in [0.25, 0.3) is 20.1 Å². The molecule has 0 radical (unpaired) electrons. The molecule has 178 valence electrons. The van der Waals surface area contributed by atoms with Crippen molar-refractivity contribution in [3.8, 4) is 0 Å². The van der Waals surface area contributed by atoms with Crippen molar-refractivity contribution in [3.05, 3.63) is 70.0 Å². The Hall–Kier alpha value is -2.44. The average molecular weight is 533 g/mol. The lowest BCUT2D eigenvalue weighted by atomic mass is 10.2. The van der Waals surface area contributed by atoms with Crippen LogP contribution in [0.5, 0.6) is 0 Å². The van der Waals surface area contributed by atoms with Crippen LogP contribution in [0.3, 0.4) is 0 Å². The van der Waals surface area contributed by atoms with Crippen LogP contribution in [0.25, 0.3) is 0 Å². The van der Waals surface area contributed by atoms with E-state index in [0.717, 1.165) is 17.1 Å². The number of sulfonamides is 1. The van der Waals surface area contributed by atoms with Crippen molar-refractivity contribution in [1.82, 2.24) is 9.97 Å². The number of aryl methyl sites for hydroxylation is 2. The summed E-state index contributed by atoms with van der Waals surface area (Å²) < 4.78 is 53.5. The maximum atomic E-state index is 12.6. The van der Waals surface area contributed by atoms with E-state index in [4.69, 9.17) is 27.8 Å². The molecule has 3 aromatic rings. The number of nitrogens with one attached hydrogen (secondary N) is 1. The van der Waals surface area contributed by atoms with Gasteiger partial charge in [0, 0.05) is 34.8 Å². The van der Waals surface area contributed by atoms with Gasteiger partial charge in [-0.1, -0.05) is 23.2 Å². The quantitative estimate of drug-likeness (QED) is 0.460. The molecule has 0 saturated heterocycles. The Morgan fingerprint density at radius 3 is 1.91 bits per heavy atom. The second kappa shape index (κ2) is 10.7. The average Bonchev–Trinajstić information content (AvgIpc) is 2.65. The normalized spacial score (nSPS) is 11.4. The van der Waals surface area contributed by atoms with E-state index in [0.29, 0.717) is 22.9 Å². The largest absolute Gasteiger partial charge is 0.314 e. The molecule has 2 aromatic carbocycles. The van der Waals surface area contributed by atoms with Crippen molar-refractivity contribution in [2.45, 2.75) is 18.7 Å². The zero-order valence-electron chi connectivity index (χ0n) is 18.1. The van der Waals surface area contributed by atoms with Gasteiger partial charge in [-0.3, -0.25) is 9.27 Å². The van der Waals surface area contributed by atoms with Crippen LogP contribution in [0.4, 0.5) is 17.3 Å². The van der Waals surface area contributed by atoms with Gasteiger partial charge in [-0.25, -0.2) is 18.4 Å². The molecule has 0 aliphatic carbocycles. The zero-order chi connectivity index (χ0) is 25.0. The molecule has 2 N–H and O–H groups in total. The predicted molar refractivity (Wildman–Crippen MR) is 131 cm³/mol. The number of halogens is 2. The third-order valence-electron chi connectivity index (χ3n) is 3.96. The molecule has 3 rings (SSSR count). The first-order valence-electron chi connectivity index (χ1n) is 9.22. The van der Waals surface area contributed by atoms with E-state index in [-0.39, 0.29) is 9.92 Å². The molecule has 1 aromatic heterocycles. The van der Waals surface area contributed by atoms with Gasteiger partial charge in [0.1, 0.15) is 4.90 Å². The molecular formula is C20H22Cl2N4O5S2. The molecule has 0 atom stereocenters. The minimum Gasteiger partial charge on any atom is -0.314 e. The molecule has 9 nitrogen and oxygen atoms in total. The van der Waals surface area contributed by atoms with Crippen LogP contribution in [0.2, 0.25) is 10.0 Å². The fourth-order valence-electron chi connectivity index (χ4n) is 2.63. The van der Waals surface area contributed by atoms with E-state index in [9.17, 15) is 16.8 Å². The van der Waals surface area contributed by atoms with Crippen LogP contribution in [0, 0.1) is 13.8 Å². The number of benzene rings is 2.